The smallest absolute Gasteiger partial charge is 0.319 e. The van der Waals surface area contributed by atoms with E-state index in [9.17, 15) is 9.90 Å². The number of ether oxygens (including phenoxy) is 4. The first-order valence-electron chi connectivity index (χ1n) is 14.6. The zero-order valence-electron chi connectivity index (χ0n) is 24.9. The molecule has 0 bridgehead atoms. The number of hydrogen-bond acceptors (Lipinski definition) is 10. The summed E-state index contributed by atoms with van der Waals surface area (Å²) in [6, 6.07) is 6.25. The zero-order valence-corrected chi connectivity index (χ0v) is 24.9. The van der Waals surface area contributed by atoms with Gasteiger partial charge in [0.1, 0.15) is 47.1 Å². The van der Waals surface area contributed by atoms with Crippen molar-refractivity contribution < 1.29 is 37.6 Å². The van der Waals surface area contributed by atoms with Crippen molar-refractivity contribution in [3.63, 3.8) is 0 Å². The number of carbonyl (C=O) groups excluding carboxylic acids is 1. The number of carbonyl (C=O) groups is 1. The largest absolute Gasteiger partial charge is 0.468 e. The van der Waals surface area contributed by atoms with Gasteiger partial charge in [-0.2, -0.15) is 9.97 Å². The number of pyridine rings is 1. The number of methoxy groups -OCH3 is 1. The predicted octanol–water partition coefficient (Wildman–Crippen LogP) is 4.61. The Morgan fingerprint density at radius 1 is 1.18 bits per heavy atom. The molecule has 2 fully saturated rings. The summed E-state index contributed by atoms with van der Waals surface area (Å²) < 4.78 is 54.1. The van der Waals surface area contributed by atoms with Crippen molar-refractivity contribution in [1.29, 1.82) is 0 Å². The highest BCUT2D eigenvalue weighted by atomic mass is 19.1. The highest BCUT2D eigenvalue weighted by Gasteiger charge is 2.44. The molecule has 1 aliphatic carbocycles. The lowest BCUT2D eigenvalue weighted by atomic mass is 9.94. The molecule has 6 rings (SSSR count). The lowest BCUT2D eigenvalue weighted by molar-refractivity contribution is -0.113. The van der Waals surface area contributed by atoms with Crippen molar-refractivity contribution in [2.75, 3.05) is 51.7 Å². The summed E-state index contributed by atoms with van der Waals surface area (Å²) in [6.07, 6.45) is 4.09. The number of nitrogens with zero attached hydrogens (tertiary/aromatic N) is 4. The van der Waals surface area contributed by atoms with Crippen LogP contribution in [0.5, 0.6) is 11.8 Å². The molecule has 232 valence electrons. The Balaban J connectivity index is 1.55. The first-order chi connectivity index (χ1) is 21.2. The number of aromatic nitrogens is 3. The van der Waals surface area contributed by atoms with Crippen molar-refractivity contribution in [3.8, 4) is 23.0 Å². The average molecular weight is 609 g/mol. The molecule has 2 aromatic heterocycles. The average Bonchev–Trinajstić information content (AvgIpc) is 3.83. The van der Waals surface area contributed by atoms with E-state index in [1.807, 2.05) is 6.92 Å². The van der Waals surface area contributed by atoms with Crippen LogP contribution in [-0.4, -0.2) is 78.8 Å². The maximum absolute atomic E-state index is 16.8. The summed E-state index contributed by atoms with van der Waals surface area (Å²) >= 11 is 0. The predicted molar refractivity (Wildman–Crippen MR) is 159 cm³/mol. The molecule has 1 saturated heterocycles. The fourth-order valence-corrected chi connectivity index (χ4v) is 5.59. The van der Waals surface area contributed by atoms with Gasteiger partial charge in [0.25, 0.3) is 0 Å². The normalized spacial score (nSPS) is 19.6. The minimum Gasteiger partial charge on any atom is -0.468 e. The highest BCUT2D eigenvalue weighted by Crippen LogP contribution is 2.44. The number of aryl methyl sites for hydroxylation is 1. The number of benzene rings is 2. The van der Waals surface area contributed by atoms with E-state index >= 15 is 8.78 Å². The SMILES string of the molecule is CCc1c(F)ccc2cc(OCOC)cc(-c3ncc4c(N5CCOCC(C)(O)C5)nc(OCC5(C=O)CC5)nc4c3F)c12. The van der Waals surface area contributed by atoms with Crippen LogP contribution in [0.1, 0.15) is 32.3 Å². The van der Waals surface area contributed by atoms with Crippen molar-refractivity contribution in [2.24, 2.45) is 5.41 Å². The summed E-state index contributed by atoms with van der Waals surface area (Å²) in [7, 11) is 1.49. The molecule has 44 heavy (non-hydrogen) atoms. The molecule has 2 aliphatic rings. The van der Waals surface area contributed by atoms with Crippen LogP contribution in [0.2, 0.25) is 0 Å². The van der Waals surface area contributed by atoms with Crippen LogP contribution in [0.4, 0.5) is 14.6 Å². The first kappa shape index (κ1) is 30.0. The molecule has 0 spiro atoms. The van der Waals surface area contributed by atoms with Gasteiger partial charge in [0.15, 0.2) is 12.6 Å². The van der Waals surface area contributed by atoms with E-state index < -0.39 is 22.7 Å². The molecule has 3 heterocycles. The van der Waals surface area contributed by atoms with E-state index in [1.165, 1.54) is 19.4 Å². The third-order valence-corrected chi connectivity index (χ3v) is 8.12. The van der Waals surface area contributed by atoms with Crippen molar-refractivity contribution in [3.05, 3.63) is 47.7 Å². The second kappa shape index (κ2) is 11.8. The van der Waals surface area contributed by atoms with Gasteiger partial charge < -0.3 is 33.7 Å². The molecule has 1 saturated carbocycles. The molecular weight excluding hydrogens is 574 g/mol. The summed E-state index contributed by atoms with van der Waals surface area (Å²) in [5, 5.41) is 12.3. The van der Waals surface area contributed by atoms with Gasteiger partial charge in [0.2, 0.25) is 0 Å². The number of rotatable bonds is 10. The summed E-state index contributed by atoms with van der Waals surface area (Å²) in [5.41, 5.74) is -1.17. The molecule has 1 atom stereocenters. The van der Waals surface area contributed by atoms with E-state index in [-0.39, 0.29) is 43.8 Å². The van der Waals surface area contributed by atoms with Gasteiger partial charge >= 0.3 is 6.01 Å². The maximum Gasteiger partial charge on any atom is 0.319 e. The van der Waals surface area contributed by atoms with Crippen molar-refractivity contribution >= 4 is 33.8 Å². The Hall–Kier alpha value is -4.00. The number of hydrogen-bond donors (Lipinski definition) is 1. The first-order valence-corrected chi connectivity index (χ1v) is 14.6. The van der Waals surface area contributed by atoms with Crippen molar-refractivity contribution in [1.82, 2.24) is 15.0 Å². The fourth-order valence-electron chi connectivity index (χ4n) is 5.59. The summed E-state index contributed by atoms with van der Waals surface area (Å²) in [5.74, 6) is -0.464. The second-order valence-corrected chi connectivity index (χ2v) is 11.8. The molecule has 2 aromatic carbocycles. The van der Waals surface area contributed by atoms with Gasteiger partial charge in [-0.05, 0) is 60.7 Å². The van der Waals surface area contributed by atoms with Crippen LogP contribution in [0.15, 0.2) is 30.5 Å². The van der Waals surface area contributed by atoms with Gasteiger partial charge in [-0.25, -0.2) is 8.78 Å². The zero-order chi connectivity index (χ0) is 31.1. The van der Waals surface area contributed by atoms with Gasteiger partial charge in [0, 0.05) is 25.4 Å². The third-order valence-electron chi connectivity index (χ3n) is 8.12. The summed E-state index contributed by atoms with van der Waals surface area (Å²) in [4.78, 5) is 27.0. The van der Waals surface area contributed by atoms with Crippen LogP contribution in [0.25, 0.3) is 32.9 Å². The van der Waals surface area contributed by atoms with Crippen LogP contribution in [-0.2, 0) is 20.7 Å². The van der Waals surface area contributed by atoms with Gasteiger partial charge in [-0.1, -0.05) is 13.0 Å². The number of aldehydes is 1. The van der Waals surface area contributed by atoms with Crippen LogP contribution in [0, 0.1) is 17.0 Å². The molecule has 4 aromatic rings. The van der Waals surface area contributed by atoms with E-state index in [2.05, 4.69) is 15.0 Å². The molecule has 1 N–H and O–H groups in total. The number of halogens is 2. The minimum atomic E-state index is -1.20. The lowest BCUT2D eigenvalue weighted by Crippen LogP contribution is -2.42. The Kier molecular flexibility index (Phi) is 8.08. The lowest BCUT2D eigenvalue weighted by Gasteiger charge is -2.29. The van der Waals surface area contributed by atoms with Crippen LogP contribution in [0.3, 0.4) is 0 Å². The van der Waals surface area contributed by atoms with Crippen LogP contribution < -0.4 is 14.4 Å². The molecule has 1 aliphatic heterocycles. The van der Waals surface area contributed by atoms with E-state index in [0.717, 1.165) is 6.29 Å². The van der Waals surface area contributed by atoms with Crippen molar-refractivity contribution in [2.45, 2.75) is 38.7 Å². The van der Waals surface area contributed by atoms with E-state index in [0.29, 0.717) is 71.3 Å². The molecule has 10 nitrogen and oxygen atoms in total. The fraction of sp³-hybridized carbons (Fsp3) is 0.438. The van der Waals surface area contributed by atoms with Gasteiger partial charge in [0.05, 0.1) is 30.6 Å². The monoisotopic (exact) mass is 608 g/mol. The number of anilines is 1. The molecule has 12 heteroatoms. The second-order valence-electron chi connectivity index (χ2n) is 11.8. The van der Waals surface area contributed by atoms with E-state index in [4.69, 9.17) is 18.9 Å². The quantitative estimate of drug-likeness (QED) is 0.202. The van der Waals surface area contributed by atoms with Gasteiger partial charge in [-0.3, -0.25) is 4.98 Å². The Morgan fingerprint density at radius 2 is 2.00 bits per heavy atom. The van der Waals surface area contributed by atoms with Crippen LogP contribution >= 0.6 is 0 Å². The topological polar surface area (TPSA) is 116 Å². The molecular formula is C32H34F2N4O6. The molecule has 0 amide bonds. The molecule has 1 unspecified atom stereocenters. The standard InChI is InChI=1S/C32H34F2N4O6/c1-4-21-24(33)6-5-19-11-20(44-18-41-3)12-22(25(19)21)27-26(34)28-23(13-35-27)29(38-9-10-42-16-31(2,40)14-38)37-30(36-28)43-17-32(15-39)7-8-32/h5-6,11-13,15,40H,4,7-10,14,16-18H2,1-3H3. The minimum absolute atomic E-state index is 0.0384. The molecule has 0 radical (unpaired) electrons. The number of β-amino-alcohol motifs (C(OH)–C–C–N with tert-alkyl or cyclic N) is 1. The van der Waals surface area contributed by atoms with Gasteiger partial charge in [-0.15, -0.1) is 0 Å². The number of aliphatic hydroxyl groups is 1. The third kappa shape index (κ3) is 5.76. The Bertz CT molecular complexity index is 1730. The Labute approximate surface area is 252 Å². The summed E-state index contributed by atoms with van der Waals surface area (Å²) in [6.45, 7) is 4.46. The maximum atomic E-state index is 16.8. The van der Waals surface area contributed by atoms with E-state index in [1.54, 1.807) is 30.0 Å². The highest BCUT2D eigenvalue weighted by molar-refractivity contribution is 6.01. The number of fused-ring (bicyclic) bond motifs is 2. The Morgan fingerprint density at radius 3 is 2.73 bits per heavy atom.